The standard InChI is InChI=1S/C10H9NO2/c11-10(13)9-5-1-3-8(7-9)4-2-6-12/h1,3,5,7,12H,6H2,(H2,11,13). The van der Waals surface area contributed by atoms with Crippen LogP contribution in [-0.4, -0.2) is 17.6 Å². The molecule has 0 aliphatic heterocycles. The highest BCUT2D eigenvalue weighted by atomic mass is 16.2. The highest BCUT2D eigenvalue weighted by Crippen LogP contribution is 2.02. The lowest BCUT2D eigenvalue weighted by molar-refractivity contribution is 0.100. The number of aliphatic hydroxyl groups is 1. The number of amides is 1. The fraction of sp³-hybridized carbons (Fsp3) is 0.100. The molecule has 13 heavy (non-hydrogen) atoms. The maximum absolute atomic E-state index is 10.8. The normalized spacial score (nSPS) is 8.69. The summed E-state index contributed by atoms with van der Waals surface area (Å²) in [6, 6.07) is 6.65. The van der Waals surface area contributed by atoms with Gasteiger partial charge in [0.05, 0.1) is 0 Å². The van der Waals surface area contributed by atoms with Crippen molar-refractivity contribution >= 4 is 5.91 Å². The van der Waals surface area contributed by atoms with Gasteiger partial charge >= 0.3 is 0 Å². The Balaban J connectivity index is 2.98. The van der Waals surface area contributed by atoms with Crippen molar-refractivity contribution in [3.8, 4) is 11.8 Å². The molecule has 66 valence electrons. The van der Waals surface area contributed by atoms with Gasteiger partial charge in [0.25, 0.3) is 0 Å². The SMILES string of the molecule is NC(=O)c1cccc(C#CCO)c1. The van der Waals surface area contributed by atoms with E-state index in [0.29, 0.717) is 11.1 Å². The van der Waals surface area contributed by atoms with Crippen LogP contribution in [0.4, 0.5) is 0 Å². The smallest absolute Gasteiger partial charge is 0.248 e. The van der Waals surface area contributed by atoms with E-state index in [1.807, 2.05) is 0 Å². The van der Waals surface area contributed by atoms with Crippen molar-refractivity contribution in [3.63, 3.8) is 0 Å². The molecule has 3 nitrogen and oxygen atoms in total. The van der Waals surface area contributed by atoms with Crippen LogP contribution in [-0.2, 0) is 0 Å². The molecule has 0 aliphatic rings. The Morgan fingerprint density at radius 2 is 2.31 bits per heavy atom. The second-order valence-electron chi connectivity index (χ2n) is 2.40. The van der Waals surface area contributed by atoms with Crippen molar-refractivity contribution < 1.29 is 9.90 Å². The fourth-order valence-electron chi connectivity index (χ4n) is 0.892. The Morgan fingerprint density at radius 3 is 2.92 bits per heavy atom. The molecule has 0 unspecified atom stereocenters. The van der Waals surface area contributed by atoms with Gasteiger partial charge in [-0.3, -0.25) is 4.79 Å². The minimum absolute atomic E-state index is 0.194. The van der Waals surface area contributed by atoms with E-state index in [4.69, 9.17) is 10.8 Å². The van der Waals surface area contributed by atoms with Crippen molar-refractivity contribution in [2.24, 2.45) is 5.73 Å². The lowest BCUT2D eigenvalue weighted by Crippen LogP contribution is -2.10. The molecule has 0 heterocycles. The van der Waals surface area contributed by atoms with Gasteiger partial charge in [0.1, 0.15) is 6.61 Å². The molecule has 1 rings (SSSR count). The molecule has 1 aromatic rings. The highest BCUT2D eigenvalue weighted by Gasteiger charge is 1.98. The third kappa shape index (κ3) is 2.62. The summed E-state index contributed by atoms with van der Waals surface area (Å²) in [4.78, 5) is 10.8. The molecule has 0 saturated carbocycles. The van der Waals surface area contributed by atoms with Crippen molar-refractivity contribution in [3.05, 3.63) is 35.4 Å². The van der Waals surface area contributed by atoms with Crippen LogP contribution in [0.2, 0.25) is 0 Å². The van der Waals surface area contributed by atoms with E-state index in [0.717, 1.165) is 0 Å². The van der Waals surface area contributed by atoms with E-state index in [2.05, 4.69) is 11.8 Å². The lowest BCUT2D eigenvalue weighted by Gasteiger charge is -1.94. The second-order valence-corrected chi connectivity index (χ2v) is 2.40. The number of rotatable bonds is 1. The summed E-state index contributed by atoms with van der Waals surface area (Å²) in [5.41, 5.74) is 6.17. The van der Waals surface area contributed by atoms with Gasteiger partial charge in [-0.2, -0.15) is 0 Å². The summed E-state index contributed by atoms with van der Waals surface area (Å²) in [6.45, 7) is -0.194. The molecular formula is C10H9NO2. The van der Waals surface area contributed by atoms with Crippen LogP contribution in [0.15, 0.2) is 24.3 Å². The zero-order valence-electron chi connectivity index (χ0n) is 6.95. The van der Waals surface area contributed by atoms with E-state index < -0.39 is 5.91 Å². The van der Waals surface area contributed by atoms with Gasteiger partial charge in [-0.15, -0.1) is 0 Å². The predicted molar refractivity (Wildman–Crippen MR) is 48.9 cm³/mol. The van der Waals surface area contributed by atoms with Crippen molar-refractivity contribution in [1.82, 2.24) is 0 Å². The molecule has 3 N–H and O–H groups in total. The summed E-state index contributed by atoms with van der Waals surface area (Å²) >= 11 is 0. The molecule has 0 aromatic heterocycles. The van der Waals surface area contributed by atoms with Gasteiger partial charge in [-0.1, -0.05) is 17.9 Å². The maximum Gasteiger partial charge on any atom is 0.248 e. The highest BCUT2D eigenvalue weighted by molar-refractivity contribution is 5.93. The first-order valence-electron chi connectivity index (χ1n) is 3.73. The molecule has 0 atom stereocenters. The summed E-state index contributed by atoms with van der Waals surface area (Å²) in [7, 11) is 0. The van der Waals surface area contributed by atoms with Crippen LogP contribution in [0.3, 0.4) is 0 Å². The zero-order chi connectivity index (χ0) is 9.68. The molecule has 3 heteroatoms. The Morgan fingerprint density at radius 1 is 1.54 bits per heavy atom. The molecule has 0 spiro atoms. The molecule has 0 aliphatic carbocycles. The Bertz CT molecular complexity index is 374. The van der Waals surface area contributed by atoms with Gasteiger partial charge < -0.3 is 10.8 Å². The van der Waals surface area contributed by atoms with Crippen molar-refractivity contribution in [1.29, 1.82) is 0 Å². The molecule has 1 amide bonds. The molecule has 1 aromatic carbocycles. The van der Waals surface area contributed by atoms with Gasteiger partial charge in [0, 0.05) is 11.1 Å². The third-order valence-corrected chi connectivity index (χ3v) is 1.46. The van der Waals surface area contributed by atoms with E-state index in [9.17, 15) is 4.79 Å². The first-order chi connectivity index (χ1) is 6.24. The lowest BCUT2D eigenvalue weighted by atomic mass is 10.1. The third-order valence-electron chi connectivity index (χ3n) is 1.46. The fourth-order valence-corrected chi connectivity index (χ4v) is 0.892. The average molecular weight is 175 g/mol. The number of hydrogen-bond acceptors (Lipinski definition) is 2. The predicted octanol–water partition coefficient (Wildman–Crippen LogP) is 0.129. The van der Waals surface area contributed by atoms with Crippen molar-refractivity contribution in [2.45, 2.75) is 0 Å². The van der Waals surface area contributed by atoms with E-state index >= 15 is 0 Å². The number of primary amides is 1. The van der Waals surface area contributed by atoms with E-state index in [-0.39, 0.29) is 6.61 Å². The largest absolute Gasteiger partial charge is 0.384 e. The summed E-state index contributed by atoms with van der Waals surface area (Å²) in [6.07, 6.45) is 0. The number of carbonyl (C=O) groups is 1. The number of carbonyl (C=O) groups excluding carboxylic acids is 1. The monoisotopic (exact) mass is 175 g/mol. The topological polar surface area (TPSA) is 63.3 Å². The minimum atomic E-state index is -0.479. The summed E-state index contributed by atoms with van der Waals surface area (Å²) in [5.74, 6) is 4.69. The van der Waals surface area contributed by atoms with Crippen LogP contribution in [0.25, 0.3) is 0 Å². The maximum atomic E-state index is 10.8. The van der Waals surface area contributed by atoms with Gasteiger partial charge in [-0.05, 0) is 18.2 Å². The van der Waals surface area contributed by atoms with Crippen LogP contribution in [0.1, 0.15) is 15.9 Å². The second kappa shape index (κ2) is 4.29. The quantitative estimate of drug-likeness (QED) is 0.596. The number of benzene rings is 1. The van der Waals surface area contributed by atoms with Gasteiger partial charge in [0.15, 0.2) is 0 Å². The zero-order valence-corrected chi connectivity index (χ0v) is 6.95. The number of hydrogen-bond donors (Lipinski definition) is 2. The van der Waals surface area contributed by atoms with E-state index in [1.165, 1.54) is 0 Å². The molecule has 0 fully saturated rings. The Kier molecular flexibility index (Phi) is 3.07. The number of nitrogens with two attached hydrogens (primary N) is 1. The Hall–Kier alpha value is -1.79. The van der Waals surface area contributed by atoms with Gasteiger partial charge in [-0.25, -0.2) is 0 Å². The Labute approximate surface area is 76.2 Å². The minimum Gasteiger partial charge on any atom is -0.384 e. The summed E-state index contributed by atoms with van der Waals surface area (Å²) in [5, 5.41) is 8.44. The van der Waals surface area contributed by atoms with Gasteiger partial charge in [0.2, 0.25) is 5.91 Å². The van der Waals surface area contributed by atoms with Crippen LogP contribution in [0, 0.1) is 11.8 Å². The molecule has 0 radical (unpaired) electrons. The van der Waals surface area contributed by atoms with Crippen molar-refractivity contribution in [2.75, 3.05) is 6.61 Å². The first-order valence-corrected chi connectivity index (χ1v) is 3.73. The first kappa shape index (κ1) is 9.30. The summed E-state index contributed by atoms with van der Waals surface area (Å²) < 4.78 is 0. The molecule has 0 saturated heterocycles. The number of aliphatic hydroxyl groups excluding tert-OH is 1. The average Bonchev–Trinajstić information content (AvgIpc) is 2.15. The molecular weight excluding hydrogens is 166 g/mol. The molecule has 0 bridgehead atoms. The van der Waals surface area contributed by atoms with Crippen LogP contribution in [0.5, 0.6) is 0 Å². The van der Waals surface area contributed by atoms with Crippen LogP contribution >= 0.6 is 0 Å². The van der Waals surface area contributed by atoms with Crippen LogP contribution < -0.4 is 5.73 Å². The van der Waals surface area contributed by atoms with E-state index in [1.54, 1.807) is 24.3 Å².